The van der Waals surface area contributed by atoms with Gasteiger partial charge in [-0.3, -0.25) is 9.59 Å². The summed E-state index contributed by atoms with van der Waals surface area (Å²) in [5.74, 6) is -1.04. The van der Waals surface area contributed by atoms with E-state index in [0.29, 0.717) is 10.6 Å². The third-order valence-corrected chi connectivity index (χ3v) is 3.31. The van der Waals surface area contributed by atoms with Crippen LogP contribution >= 0.6 is 11.3 Å². The standard InChI is InChI=1S/C11H16N2O3S/c1-7(2)13(5-4-9(14)15)11(16)10-8(3)12-6-17-10/h6-7H,4-5H2,1-3H3,(H,14,15). The average molecular weight is 256 g/mol. The maximum atomic E-state index is 12.2. The Morgan fingerprint density at radius 2 is 2.18 bits per heavy atom. The highest BCUT2D eigenvalue weighted by atomic mass is 32.1. The van der Waals surface area contributed by atoms with E-state index in [0.717, 1.165) is 0 Å². The van der Waals surface area contributed by atoms with E-state index in [2.05, 4.69) is 4.98 Å². The summed E-state index contributed by atoms with van der Waals surface area (Å²) in [5, 5.41) is 8.66. The van der Waals surface area contributed by atoms with Gasteiger partial charge in [-0.15, -0.1) is 11.3 Å². The average Bonchev–Trinajstić information content (AvgIpc) is 2.63. The van der Waals surface area contributed by atoms with Crippen molar-refractivity contribution in [2.24, 2.45) is 0 Å². The molecule has 0 saturated heterocycles. The Labute approximate surface area is 104 Å². The molecule has 0 aliphatic rings. The molecule has 1 N–H and O–H groups in total. The highest BCUT2D eigenvalue weighted by molar-refractivity contribution is 7.11. The summed E-state index contributed by atoms with van der Waals surface area (Å²) in [6.07, 6.45) is -0.0399. The van der Waals surface area contributed by atoms with Crippen molar-refractivity contribution in [3.63, 3.8) is 0 Å². The number of thiazole rings is 1. The largest absolute Gasteiger partial charge is 0.481 e. The van der Waals surface area contributed by atoms with Crippen molar-refractivity contribution in [1.29, 1.82) is 0 Å². The van der Waals surface area contributed by atoms with E-state index in [-0.39, 0.29) is 24.9 Å². The Balaban J connectivity index is 2.81. The minimum atomic E-state index is -0.899. The summed E-state index contributed by atoms with van der Waals surface area (Å²) < 4.78 is 0. The summed E-state index contributed by atoms with van der Waals surface area (Å²) >= 11 is 1.29. The van der Waals surface area contributed by atoms with Gasteiger partial charge in [0.1, 0.15) is 4.88 Å². The zero-order valence-corrected chi connectivity index (χ0v) is 11.0. The van der Waals surface area contributed by atoms with Crippen molar-refractivity contribution in [2.45, 2.75) is 33.2 Å². The first kappa shape index (κ1) is 13.6. The molecule has 0 unspecified atom stereocenters. The highest BCUT2D eigenvalue weighted by Crippen LogP contribution is 2.16. The molecule has 1 aromatic heterocycles. The topological polar surface area (TPSA) is 70.5 Å². The first-order valence-corrected chi connectivity index (χ1v) is 6.24. The summed E-state index contributed by atoms with van der Waals surface area (Å²) in [6.45, 7) is 5.74. The van der Waals surface area contributed by atoms with Gasteiger partial charge in [-0.2, -0.15) is 0 Å². The number of aryl methyl sites for hydroxylation is 1. The van der Waals surface area contributed by atoms with Crippen LogP contribution in [0.1, 0.15) is 35.6 Å². The quantitative estimate of drug-likeness (QED) is 0.871. The van der Waals surface area contributed by atoms with E-state index in [1.165, 1.54) is 11.3 Å². The number of carboxylic acid groups (broad SMARTS) is 1. The molecule has 0 spiro atoms. The lowest BCUT2D eigenvalue weighted by molar-refractivity contribution is -0.137. The molecule has 1 heterocycles. The van der Waals surface area contributed by atoms with Gasteiger partial charge < -0.3 is 10.0 Å². The van der Waals surface area contributed by atoms with Crippen LogP contribution in [0.3, 0.4) is 0 Å². The van der Waals surface area contributed by atoms with Gasteiger partial charge in [0.25, 0.3) is 5.91 Å². The molecule has 1 amide bonds. The predicted molar refractivity (Wildman–Crippen MR) is 65.3 cm³/mol. The van der Waals surface area contributed by atoms with E-state index in [4.69, 9.17) is 5.11 Å². The molecule has 6 heteroatoms. The molecule has 0 aliphatic carbocycles. The van der Waals surface area contributed by atoms with Gasteiger partial charge in [-0.1, -0.05) is 0 Å². The molecule has 5 nitrogen and oxygen atoms in total. The minimum Gasteiger partial charge on any atom is -0.481 e. The number of carbonyl (C=O) groups excluding carboxylic acids is 1. The molecule has 0 radical (unpaired) electrons. The van der Waals surface area contributed by atoms with Crippen LogP contribution in [0.5, 0.6) is 0 Å². The van der Waals surface area contributed by atoms with Crippen molar-refractivity contribution in [3.8, 4) is 0 Å². The molecule has 0 aromatic carbocycles. The second-order valence-corrected chi connectivity index (χ2v) is 4.86. The summed E-state index contributed by atoms with van der Waals surface area (Å²) in [5.41, 5.74) is 2.32. The molecule has 1 rings (SSSR count). The lowest BCUT2D eigenvalue weighted by Crippen LogP contribution is -2.38. The zero-order valence-electron chi connectivity index (χ0n) is 10.1. The van der Waals surface area contributed by atoms with Crippen molar-refractivity contribution >= 4 is 23.2 Å². The third kappa shape index (κ3) is 3.52. The van der Waals surface area contributed by atoms with E-state index in [1.807, 2.05) is 13.8 Å². The number of carboxylic acids is 1. The Morgan fingerprint density at radius 3 is 2.59 bits per heavy atom. The van der Waals surface area contributed by atoms with Crippen LogP contribution in [0.4, 0.5) is 0 Å². The Hall–Kier alpha value is -1.43. The lowest BCUT2D eigenvalue weighted by Gasteiger charge is -2.25. The first-order chi connectivity index (χ1) is 7.93. The number of nitrogens with zero attached hydrogens (tertiary/aromatic N) is 2. The Bertz CT molecular complexity index is 415. The smallest absolute Gasteiger partial charge is 0.305 e. The minimum absolute atomic E-state index is 0.0247. The molecule has 0 saturated carbocycles. The maximum absolute atomic E-state index is 12.2. The fourth-order valence-electron chi connectivity index (χ4n) is 1.45. The number of aliphatic carboxylic acids is 1. The predicted octanol–water partition coefficient (Wildman–Crippen LogP) is 1.78. The highest BCUT2D eigenvalue weighted by Gasteiger charge is 2.22. The van der Waals surface area contributed by atoms with E-state index >= 15 is 0 Å². The van der Waals surface area contributed by atoms with Crippen LogP contribution in [0.15, 0.2) is 5.51 Å². The third-order valence-electron chi connectivity index (χ3n) is 2.39. The van der Waals surface area contributed by atoms with Crippen LogP contribution < -0.4 is 0 Å². The van der Waals surface area contributed by atoms with Crippen LogP contribution in [-0.4, -0.2) is 39.5 Å². The maximum Gasteiger partial charge on any atom is 0.305 e. The van der Waals surface area contributed by atoms with Crippen molar-refractivity contribution < 1.29 is 14.7 Å². The van der Waals surface area contributed by atoms with E-state index < -0.39 is 5.97 Å². The number of hydrogen-bond donors (Lipinski definition) is 1. The summed E-state index contributed by atoms with van der Waals surface area (Å²) in [6, 6.07) is -0.0247. The molecule has 0 atom stereocenters. The zero-order chi connectivity index (χ0) is 13.0. The molecule has 0 fully saturated rings. The van der Waals surface area contributed by atoms with Crippen LogP contribution in [0.2, 0.25) is 0 Å². The van der Waals surface area contributed by atoms with E-state index in [9.17, 15) is 9.59 Å². The molecule has 17 heavy (non-hydrogen) atoms. The van der Waals surface area contributed by atoms with Crippen LogP contribution in [0.25, 0.3) is 0 Å². The van der Waals surface area contributed by atoms with Crippen molar-refractivity contribution in [2.75, 3.05) is 6.54 Å². The molecule has 94 valence electrons. The second kappa shape index (κ2) is 5.77. The summed E-state index contributed by atoms with van der Waals surface area (Å²) in [7, 11) is 0. The Kier molecular flexibility index (Phi) is 4.62. The number of rotatable bonds is 5. The lowest BCUT2D eigenvalue weighted by atomic mass is 10.2. The Morgan fingerprint density at radius 1 is 1.53 bits per heavy atom. The van der Waals surface area contributed by atoms with Crippen LogP contribution in [0, 0.1) is 6.92 Å². The van der Waals surface area contributed by atoms with E-state index in [1.54, 1.807) is 17.3 Å². The first-order valence-electron chi connectivity index (χ1n) is 5.36. The van der Waals surface area contributed by atoms with Crippen LogP contribution in [-0.2, 0) is 4.79 Å². The fourth-order valence-corrected chi connectivity index (χ4v) is 2.21. The molecule has 0 bridgehead atoms. The number of aromatic nitrogens is 1. The second-order valence-electron chi connectivity index (χ2n) is 4.00. The number of amides is 1. The fraction of sp³-hybridized carbons (Fsp3) is 0.545. The molecule has 0 aliphatic heterocycles. The SMILES string of the molecule is Cc1ncsc1C(=O)N(CCC(=O)O)C(C)C. The monoisotopic (exact) mass is 256 g/mol. The number of carbonyl (C=O) groups is 2. The van der Waals surface area contributed by atoms with Gasteiger partial charge in [-0.05, 0) is 20.8 Å². The molecular weight excluding hydrogens is 240 g/mol. The van der Waals surface area contributed by atoms with Gasteiger partial charge in [0.2, 0.25) is 0 Å². The van der Waals surface area contributed by atoms with Crippen molar-refractivity contribution in [1.82, 2.24) is 9.88 Å². The van der Waals surface area contributed by atoms with Crippen molar-refractivity contribution in [3.05, 3.63) is 16.1 Å². The molecule has 1 aromatic rings. The van der Waals surface area contributed by atoms with Gasteiger partial charge in [0.05, 0.1) is 17.6 Å². The van der Waals surface area contributed by atoms with Gasteiger partial charge in [-0.25, -0.2) is 4.98 Å². The van der Waals surface area contributed by atoms with Gasteiger partial charge in [0, 0.05) is 12.6 Å². The van der Waals surface area contributed by atoms with Gasteiger partial charge in [0.15, 0.2) is 0 Å². The normalized spacial score (nSPS) is 10.6. The number of hydrogen-bond acceptors (Lipinski definition) is 4. The molecular formula is C11H16N2O3S. The van der Waals surface area contributed by atoms with Gasteiger partial charge >= 0.3 is 5.97 Å². The summed E-state index contributed by atoms with van der Waals surface area (Å²) in [4.78, 5) is 28.9.